The number of carbonyl (C=O) groups is 1. The molecule has 9 heteroatoms. The Kier molecular flexibility index (Phi) is 3.41. The smallest absolute Gasteiger partial charge is 0.294 e. The SMILES string of the molecule is NCC(=O)N[C@H]1CO[C@H]2[C@@H]1OC[C@H]2O[N+](=O)[O-]. The normalized spacial score (nSPS) is 35.4. The first-order valence-corrected chi connectivity index (χ1v) is 5.15. The van der Waals surface area contributed by atoms with E-state index in [0.29, 0.717) is 0 Å². The number of rotatable bonds is 4. The van der Waals surface area contributed by atoms with Crippen LogP contribution in [0.5, 0.6) is 0 Å². The van der Waals surface area contributed by atoms with Crippen LogP contribution in [0.25, 0.3) is 0 Å². The third kappa shape index (κ3) is 2.46. The molecule has 2 heterocycles. The standard InChI is InChI=1S/C8H13N3O6/c9-1-6(12)10-4-2-15-8-5(17-11(13)14)3-16-7(4)8/h4-5,7-8H,1-3,9H2,(H,10,12)/t4-,5+,7+,8+/m0/s1. The molecule has 2 rings (SSSR count). The van der Waals surface area contributed by atoms with Gasteiger partial charge in [-0.05, 0) is 0 Å². The molecule has 2 saturated heterocycles. The highest BCUT2D eigenvalue weighted by molar-refractivity contribution is 5.78. The first kappa shape index (κ1) is 12.0. The lowest BCUT2D eigenvalue weighted by atomic mass is 10.1. The quantitative estimate of drug-likeness (QED) is 0.426. The van der Waals surface area contributed by atoms with E-state index >= 15 is 0 Å². The number of nitrogens with one attached hydrogen (secondary N) is 1. The van der Waals surface area contributed by atoms with E-state index in [9.17, 15) is 14.9 Å². The minimum absolute atomic E-state index is 0.0747. The zero-order chi connectivity index (χ0) is 12.4. The zero-order valence-corrected chi connectivity index (χ0v) is 8.90. The van der Waals surface area contributed by atoms with Crippen molar-refractivity contribution in [3.63, 3.8) is 0 Å². The minimum atomic E-state index is -0.869. The van der Waals surface area contributed by atoms with Crippen LogP contribution in [0.15, 0.2) is 0 Å². The molecule has 0 bridgehead atoms. The molecule has 2 aliphatic heterocycles. The van der Waals surface area contributed by atoms with Gasteiger partial charge in [-0.15, -0.1) is 10.1 Å². The summed E-state index contributed by atoms with van der Waals surface area (Å²) in [6.45, 7) is 0.187. The van der Waals surface area contributed by atoms with Gasteiger partial charge in [0.25, 0.3) is 5.09 Å². The van der Waals surface area contributed by atoms with E-state index in [1.54, 1.807) is 0 Å². The van der Waals surface area contributed by atoms with Crippen LogP contribution < -0.4 is 11.1 Å². The summed E-state index contributed by atoms with van der Waals surface area (Å²) in [7, 11) is 0. The average Bonchev–Trinajstić information content (AvgIpc) is 2.83. The van der Waals surface area contributed by atoms with Crippen molar-refractivity contribution in [2.75, 3.05) is 19.8 Å². The van der Waals surface area contributed by atoms with Gasteiger partial charge in [-0.3, -0.25) is 4.79 Å². The fourth-order valence-electron chi connectivity index (χ4n) is 2.05. The fourth-order valence-corrected chi connectivity index (χ4v) is 2.05. The molecule has 0 aliphatic carbocycles. The maximum Gasteiger partial charge on any atom is 0.294 e. The van der Waals surface area contributed by atoms with Crippen molar-refractivity contribution in [2.45, 2.75) is 24.4 Å². The predicted molar refractivity (Wildman–Crippen MR) is 52.3 cm³/mol. The molecule has 2 aliphatic rings. The number of fused-ring (bicyclic) bond motifs is 1. The molecule has 4 atom stereocenters. The lowest BCUT2D eigenvalue weighted by molar-refractivity contribution is -0.769. The summed E-state index contributed by atoms with van der Waals surface area (Å²) in [5, 5.41) is 12.0. The predicted octanol–water partition coefficient (Wildman–Crippen LogP) is -2.20. The van der Waals surface area contributed by atoms with Gasteiger partial charge in [0, 0.05) is 0 Å². The first-order chi connectivity index (χ1) is 8.11. The fraction of sp³-hybridized carbons (Fsp3) is 0.875. The number of amides is 1. The Morgan fingerprint density at radius 3 is 2.82 bits per heavy atom. The van der Waals surface area contributed by atoms with E-state index in [2.05, 4.69) is 10.2 Å². The summed E-state index contributed by atoms with van der Waals surface area (Å²) in [5.41, 5.74) is 5.17. The second kappa shape index (κ2) is 4.82. The summed E-state index contributed by atoms with van der Waals surface area (Å²) >= 11 is 0. The first-order valence-electron chi connectivity index (χ1n) is 5.15. The van der Waals surface area contributed by atoms with E-state index < -0.39 is 23.4 Å². The summed E-state index contributed by atoms with van der Waals surface area (Å²) in [6.07, 6.45) is -1.69. The third-order valence-corrected chi connectivity index (χ3v) is 2.76. The molecular formula is C8H13N3O6. The molecule has 96 valence electrons. The van der Waals surface area contributed by atoms with Crippen molar-refractivity contribution in [3.05, 3.63) is 10.1 Å². The highest BCUT2D eigenvalue weighted by Gasteiger charge is 2.49. The minimum Gasteiger partial charge on any atom is -0.371 e. The molecule has 0 aromatic heterocycles. The van der Waals surface area contributed by atoms with Gasteiger partial charge in [0.2, 0.25) is 5.91 Å². The van der Waals surface area contributed by atoms with Crippen LogP contribution >= 0.6 is 0 Å². The maximum absolute atomic E-state index is 11.1. The van der Waals surface area contributed by atoms with E-state index in [4.69, 9.17) is 15.2 Å². The van der Waals surface area contributed by atoms with E-state index in [0.717, 1.165) is 0 Å². The highest BCUT2D eigenvalue weighted by atomic mass is 17.0. The van der Waals surface area contributed by atoms with Crippen LogP contribution in [0.1, 0.15) is 0 Å². The molecule has 0 saturated carbocycles. The van der Waals surface area contributed by atoms with Gasteiger partial charge in [0.15, 0.2) is 6.10 Å². The van der Waals surface area contributed by atoms with Gasteiger partial charge in [0.05, 0.1) is 25.8 Å². The van der Waals surface area contributed by atoms with Crippen molar-refractivity contribution in [2.24, 2.45) is 5.73 Å². The molecule has 0 spiro atoms. The van der Waals surface area contributed by atoms with Crippen molar-refractivity contribution in [1.29, 1.82) is 0 Å². The van der Waals surface area contributed by atoms with Crippen LogP contribution in [0, 0.1) is 10.1 Å². The second-order valence-electron chi connectivity index (χ2n) is 3.84. The monoisotopic (exact) mass is 247 g/mol. The highest BCUT2D eigenvalue weighted by Crippen LogP contribution is 2.28. The van der Waals surface area contributed by atoms with Crippen molar-refractivity contribution in [1.82, 2.24) is 5.32 Å². The topological polar surface area (TPSA) is 126 Å². The van der Waals surface area contributed by atoms with Crippen LogP contribution in [-0.2, 0) is 19.1 Å². The summed E-state index contributed by atoms with van der Waals surface area (Å²) in [6, 6.07) is -0.337. The molecular weight excluding hydrogens is 234 g/mol. The van der Waals surface area contributed by atoms with Crippen LogP contribution in [0.2, 0.25) is 0 Å². The van der Waals surface area contributed by atoms with Gasteiger partial charge < -0.3 is 25.4 Å². The number of carbonyl (C=O) groups excluding carboxylic acids is 1. The van der Waals surface area contributed by atoms with Crippen LogP contribution in [-0.4, -0.2) is 55.1 Å². The Balaban J connectivity index is 1.92. The van der Waals surface area contributed by atoms with Crippen LogP contribution in [0.3, 0.4) is 0 Å². The molecule has 3 N–H and O–H groups in total. The molecule has 0 aromatic carbocycles. The van der Waals surface area contributed by atoms with Crippen molar-refractivity contribution >= 4 is 5.91 Å². The van der Waals surface area contributed by atoms with E-state index in [-0.39, 0.29) is 31.7 Å². The zero-order valence-electron chi connectivity index (χ0n) is 8.90. The number of ether oxygens (including phenoxy) is 2. The second-order valence-corrected chi connectivity index (χ2v) is 3.84. The number of hydrogen-bond donors (Lipinski definition) is 2. The average molecular weight is 247 g/mol. The molecule has 17 heavy (non-hydrogen) atoms. The molecule has 0 radical (unpaired) electrons. The Bertz CT molecular complexity index is 324. The van der Waals surface area contributed by atoms with Crippen molar-refractivity contribution in [3.8, 4) is 0 Å². The van der Waals surface area contributed by atoms with Gasteiger partial charge in [-0.1, -0.05) is 0 Å². The lowest BCUT2D eigenvalue weighted by Crippen LogP contribution is -2.46. The molecule has 0 unspecified atom stereocenters. The number of nitrogens with zero attached hydrogens (tertiary/aromatic N) is 1. The molecule has 2 fully saturated rings. The Hall–Kier alpha value is -1.45. The summed E-state index contributed by atoms with van der Waals surface area (Å²) < 4.78 is 10.7. The molecule has 0 aromatic rings. The summed E-state index contributed by atoms with van der Waals surface area (Å²) in [5.74, 6) is -0.318. The number of nitrogens with two attached hydrogens (primary N) is 1. The van der Waals surface area contributed by atoms with Gasteiger partial charge >= 0.3 is 0 Å². The Morgan fingerprint density at radius 2 is 2.18 bits per heavy atom. The molecule has 9 nitrogen and oxygen atoms in total. The van der Waals surface area contributed by atoms with E-state index in [1.165, 1.54) is 0 Å². The Morgan fingerprint density at radius 1 is 1.47 bits per heavy atom. The summed E-state index contributed by atoms with van der Waals surface area (Å²) in [4.78, 5) is 25.8. The maximum atomic E-state index is 11.1. The third-order valence-electron chi connectivity index (χ3n) is 2.76. The van der Waals surface area contributed by atoms with Gasteiger partial charge in [0.1, 0.15) is 12.2 Å². The van der Waals surface area contributed by atoms with Crippen molar-refractivity contribution < 1.29 is 24.2 Å². The van der Waals surface area contributed by atoms with Gasteiger partial charge in [-0.2, -0.15) is 0 Å². The Labute approximate surface area is 96.3 Å². The number of hydrogen-bond acceptors (Lipinski definition) is 7. The largest absolute Gasteiger partial charge is 0.371 e. The van der Waals surface area contributed by atoms with E-state index in [1.807, 2.05) is 0 Å². The van der Waals surface area contributed by atoms with Gasteiger partial charge in [-0.25, -0.2) is 0 Å². The lowest BCUT2D eigenvalue weighted by Gasteiger charge is -2.16. The van der Waals surface area contributed by atoms with Crippen LogP contribution in [0.4, 0.5) is 0 Å². The molecule has 1 amide bonds.